The first-order chi connectivity index (χ1) is 10.5. The molecule has 0 atom stereocenters. The van der Waals surface area contributed by atoms with Crippen LogP contribution in [-0.2, 0) is 33.2 Å². The number of hydrogen-bond donors (Lipinski definition) is 1. The Kier molecular flexibility index (Phi) is 5.68. The van der Waals surface area contributed by atoms with Gasteiger partial charge in [-0.2, -0.15) is 0 Å². The van der Waals surface area contributed by atoms with Crippen LogP contribution in [0.15, 0.2) is 35.7 Å². The highest BCUT2D eigenvalue weighted by Gasteiger charge is 2.18. The Hall–Kier alpha value is -1.73. The van der Waals surface area contributed by atoms with Crippen molar-refractivity contribution >= 4 is 27.1 Å². The molecule has 0 aliphatic carbocycles. The van der Waals surface area contributed by atoms with Gasteiger partial charge in [-0.1, -0.05) is 30.3 Å². The van der Waals surface area contributed by atoms with Gasteiger partial charge in [0.15, 0.2) is 9.84 Å². The second kappa shape index (κ2) is 7.51. The number of benzene rings is 1. The minimum atomic E-state index is -3.47. The van der Waals surface area contributed by atoms with E-state index in [9.17, 15) is 13.2 Å². The fourth-order valence-electron chi connectivity index (χ4n) is 1.97. The molecule has 0 unspecified atom stereocenters. The standard InChI is InChI=1S/C15H18N2O3S2/c1-16-14(18)11-22(19,20)10-13-9-21-15(17-13)8-7-12-5-3-2-4-6-12/h2-6,9H,7-8,10-11H2,1H3,(H,16,18). The maximum atomic E-state index is 11.9. The van der Waals surface area contributed by atoms with Gasteiger partial charge < -0.3 is 5.32 Å². The molecular weight excluding hydrogens is 320 g/mol. The van der Waals surface area contributed by atoms with E-state index in [-0.39, 0.29) is 5.75 Å². The van der Waals surface area contributed by atoms with Crippen LogP contribution in [0, 0.1) is 0 Å². The summed E-state index contributed by atoms with van der Waals surface area (Å²) in [6, 6.07) is 10.1. The topological polar surface area (TPSA) is 76.1 Å². The highest BCUT2D eigenvalue weighted by molar-refractivity contribution is 7.91. The van der Waals surface area contributed by atoms with Crippen molar-refractivity contribution in [2.75, 3.05) is 12.8 Å². The van der Waals surface area contributed by atoms with Crippen LogP contribution >= 0.6 is 11.3 Å². The van der Waals surface area contributed by atoms with Gasteiger partial charge in [-0.15, -0.1) is 11.3 Å². The van der Waals surface area contributed by atoms with Gasteiger partial charge >= 0.3 is 0 Å². The summed E-state index contributed by atoms with van der Waals surface area (Å²) in [6.45, 7) is 0. The lowest BCUT2D eigenvalue weighted by Gasteiger charge is -2.01. The molecular formula is C15H18N2O3S2. The number of amides is 1. The number of carbonyl (C=O) groups excluding carboxylic acids is 1. The normalized spacial score (nSPS) is 11.3. The highest BCUT2D eigenvalue weighted by atomic mass is 32.2. The zero-order chi connectivity index (χ0) is 16.0. The Morgan fingerprint density at radius 2 is 1.95 bits per heavy atom. The summed E-state index contributed by atoms with van der Waals surface area (Å²) >= 11 is 1.46. The summed E-state index contributed by atoms with van der Waals surface area (Å²) < 4.78 is 23.7. The van der Waals surface area contributed by atoms with Gasteiger partial charge in [0.25, 0.3) is 0 Å². The van der Waals surface area contributed by atoms with Gasteiger partial charge in [-0.3, -0.25) is 4.79 Å². The quantitative estimate of drug-likeness (QED) is 0.832. The van der Waals surface area contributed by atoms with E-state index in [0.29, 0.717) is 5.69 Å². The minimum absolute atomic E-state index is 0.192. The minimum Gasteiger partial charge on any atom is -0.358 e. The van der Waals surface area contributed by atoms with Crippen LogP contribution < -0.4 is 5.32 Å². The number of rotatable bonds is 7. The van der Waals surface area contributed by atoms with Gasteiger partial charge in [0.2, 0.25) is 5.91 Å². The van der Waals surface area contributed by atoms with Gasteiger partial charge in [0.05, 0.1) is 16.5 Å². The van der Waals surface area contributed by atoms with E-state index in [2.05, 4.69) is 22.4 Å². The maximum Gasteiger partial charge on any atom is 0.234 e. The molecule has 0 aliphatic rings. The van der Waals surface area contributed by atoms with Crippen molar-refractivity contribution in [3.63, 3.8) is 0 Å². The van der Waals surface area contributed by atoms with Crippen molar-refractivity contribution in [2.45, 2.75) is 18.6 Å². The lowest BCUT2D eigenvalue weighted by molar-refractivity contribution is -0.118. The SMILES string of the molecule is CNC(=O)CS(=O)(=O)Cc1csc(CCc2ccccc2)n1. The number of hydrogen-bond acceptors (Lipinski definition) is 5. The van der Waals surface area contributed by atoms with Crippen LogP contribution in [0.3, 0.4) is 0 Å². The summed E-state index contributed by atoms with van der Waals surface area (Å²) in [5.41, 5.74) is 1.74. The summed E-state index contributed by atoms with van der Waals surface area (Å²) in [7, 11) is -2.05. The molecule has 0 saturated heterocycles. The van der Waals surface area contributed by atoms with Gasteiger partial charge in [0, 0.05) is 18.8 Å². The van der Waals surface area contributed by atoms with Crippen molar-refractivity contribution in [1.29, 1.82) is 0 Å². The van der Waals surface area contributed by atoms with Crippen LogP contribution in [-0.4, -0.2) is 32.1 Å². The Bertz CT molecular complexity index is 724. The molecule has 1 aromatic carbocycles. The largest absolute Gasteiger partial charge is 0.358 e. The third kappa shape index (κ3) is 5.23. The molecule has 2 aromatic rings. The fourth-order valence-corrected chi connectivity index (χ4v) is 4.12. The molecule has 2 rings (SSSR count). The third-order valence-electron chi connectivity index (χ3n) is 3.07. The van der Waals surface area contributed by atoms with E-state index in [1.165, 1.54) is 23.9 Å². The number of aryl methyl sites for hydroxylation is 2. The number of carbonyl (C=O) groups is 1. The molecule has 5 nitrogen and oxygen atoms in total. The van der Waals surface area contributed by atoms with Crippen molar-refractivity contribution in [2.24, 2.45) is 0 Å². The number of thiazole rings is 1. The van der Waals surface area contributed by atoms with Gasteiger partial charge in [0.1, 0.15) is 5.75 Å². The van der Waals surface area contributed by atoms with E-state index in [1.54, 1.807) is 5.38 Å². The molecule has 0 radical (unpaired) electrons. The molecule has 0 bridgehead atoms. The number of nitrogens with zero attached hydrogens (tertiary/aromatic N) is 1. The molecule has 0 aliphatic heterocycles. The summed E-state index contributed by atoms with van der Waals surface area (Å²) in [5.74, 6) is -1.19. The highest BCUT2D eigenvalue weighted by Crippen LogP contribution is 2.15. The summed E-state index contributed by atoms with van der Waals surface area (Å²) in [6.07, 6.45) is 1.66. The van der Waals surface area contributed by atoms with E-state index in [4.69, 9.17) is 0 Å². The number of aromatic nitrogens is 1. The van der Waals surface area contributed by atoms with Crippen LogP contribution in [0.25, 0.3) is 0 Å². The maximum absolute atomic E-state index is 11.9. The molecule has 0 spiro atoms. The van der Waals surface area contributed by atoms with Crippen molar-refractivity contribution in [3.05, 3.63) is 52.0 Å². The molecule has 1 aromatic heterocycles. The summed E-state index contributed by atoms with van der Waals surface area (Å²) in [5, 5.41) is 4.98. The van der Waals surface area contributed by atoms with Gasteiger partial charge in [-0.05, 0) is 12.0 Å². The van der Waals surface area contributed by atoms with Crippen molar-refractivity contribution < 1.29 is 13.2 Å². The average Bonchev–Trinajstić information content (AvgIpc) is 2.92. The lowest BCUT2D eigenvalue weighted by Crippen LogP contribution is -2.27. The predicted molar refractivity (Wildman–Crippen MR) is 87.5 cm³/mol. The molecule has 22 heavy (non-hydrogen) atoms. The van der Waals surface area contributed by atoms with E-state index < -0.39 is 21.5 Å². The van der Waals surface area contributed by atoms with Crippen molar-refractivity contribution in [1.82, 2.24) is 10.3 Å². The molecule has 118 valence electrons. The molecule has 0 saturated carbocycles. The first kappa shape index (κ1) is 16.6. The zero-order valence-corrected chi connectivity index (χ0v) is 13.9. The third-order valence-corrected chi connectivity index (χ3v) is 5.46. The number of nitrogens with one attached hydrogen (secondary N) is 1. The molecule has 0 fully saturated rings. The van der Waals surface area contributed by atoms with Crippen LogP contribution in [0.4, 0.5) is 0 Å². The van der Waals surface area contributed by atoms with Crippen molar-refractivity contribution in [3.8, 4) is 0 Å². The predicted octanol–water partition coefficient (Wildman–Crippen LogP) is 1.59. The molecule has 1 N–H and O–H groups in total. The van der Waals surface area contributed by atoms with Gasteiger partial charge in [-0.25, -0.2) is 13.4 Å². The molecule has 1 amide bonds. The Labute approximate surface area is 134 Å². The smallest absolute Gasteiger partial charge is 0.234 e. The van der Waals surface area contributed by atoms with Crippen LogP contribution in [0.1, 0.15) is 16.3 Å². The van der Waals surface area contributed by atoms with Crippen LogP contribution in [0.2, 0.25) is 0 Å². The molecule has 7 heteroatoms. The first-order valence-corrected chi connectivity index (χ1v) is 9.57. The Morgan fingerprint density at radius 3 is 2.64 bits per heavy atom. The lowest BCUT2D eigenvalue weighted by atomic mass is 10.1. The Morgan fingerprint density at radius 1 is 1.23 bits per heavy atom. The average molecular weight is 338 g/mol. The second-order valence-corrected chi connectivity index (χ2v) is 7.93. The monoisotopic (exact) mass is 338 g/mol. The fraction of sp³-hybridized carbons (Fsp3) is 0.333. The first-order valence-electron chi connectivity index (χ1n) is 6.87. The molecule has 1 heterocycles. The zero-order valence-electron chi connectivity index (χ0n) is 12.3. The summed E-state index contributed by atoms with van der Waals surface area (Å²) in [4.78, 5) is 15.5. The van der Waals surface area contributed by atoms with Crippen LogP contribution in [0.5, 0.6) is 0 Å². The number of sulfone groups is 1. The van der Waals surface area contributed by atoms with E-state index >= 15 is 0 Å². The second-order valence-electron chi connectivity index (χ2n) is 4.92. The van der Waals surface area contributed by atoms with E-state index in [1.807, 2.05) is 18.2 Å². The van der Waals surface area contributed by atoms with E-state index in [0.717, 1.165) is 17.8 Å². The Balaban J connectivity index is 1.92.